The Morgan fingerprint density at radius 1 is 0.500 bits per heavy atom. The first-order valence-electron chi connectivity index (χ1n) is 21.5. The maximum atomic E-state index is 14.1. The molecule has 6 amide bonds. The molecule has 0 saturated heterocycles. The molecule has 8 N–H and O–H groups in total. The predicted octanol–water partition coefficient (Wildman–Crippen LogP) is 3.53. The molecule has 0 spiro atoms. The number of hydrogen-bond acceptors (Lipinski definition) is 8. The first-order chi connectivity index (χ1) is 30.1. The van der Waals surface area contributed by atoms with Gasteiger partial charge in [0.2, 0.25) is 35.4 Å². The number of carbonyl (C=O) groups excluding carboxylic acids is 6. The van der Waals surface area contributed by atoms with E-state index in [-0.39, 0.29) is 18.9 Å². The fourth-order valence-corrected chi connectivity index (χ4v) is 6.90. The Kier molecular flexibility index (Phi) is 20.1. The van der Waals surface area contributed by atoms with E-state index < -0.39 is 108 Å². The molecule has 0 aromatic heterocycles. The second-order valence-corrected chi connectivity index (χ2v) is 17.9. The van der Waals surface area contributed by atoms with Crippen LogP contribution in [-0.4, -0.2) is 87.8 Å². The van der Waals surface area contributed by atoms with Crippen LogP contribution < -0.4 is 31.9 Å². The van der Waals surface area contributed by atoms with Crippen LogP contribution >= 0.6 is 0 Å². The van der Waals surface area contributed by atoms with E-state index in [9.17, 15) is 48.6 Å². The van der Waals surface area contributed by atoms with Crippen molar-refractivity contribution in [3.8, 4) is 0 Å². The molecule has 5 atom stereocenters. The lowest BCUT2D eigenvalue weighted by Crippen LogP contribution is -2.61. The Morgan fingerprint density at radius 3 is 1.31 bits per heavy atom. The second-order valence-electron chi connectivity index (χ2n) is 17.9. The van der Waals surface area contributed by atoms with Crippen molar-refractivity contribution in [1.82, 2.24) is 31.9 Å². The maximum Gasteiger partial charge on any atom is 0.326 e. The van der Waals surface area contributed by atoms with Crippen molar-refractivity contribution in [2.24, 2.45) is 23.2 Å². The van der Waals surface area contributed by atoms with Gasteiger partial charge in [0.1, 0.15) is 30.2 Å². The summed E-state index contributed by atoms with van der Waals surface area (Å²) in [6.45, 7) is 12.1. The minimum Gasteiger partial charge on any atom is -0.481 e. The Balaban J connectivity index is 1.87. The van der Waals surface area contributed by atoms with Crippen molar-refractivity contribution in [2.45, 2.75) is 117 Å². The van der Waals surface area contributed by atoms with Crippen LogP contribution in [0.25, 0.3) is 0 Å². The van der Waals surface area contributed by atoms with E-state index in [1.54, 1.807) is 78.8 Å². The van der Waals surface area contributed by atoms with Gasteiger partial charge in [-0.2, -0.15) is 0 Å². The largest absolute Gasteiger partial charge is 0.481 e. The maximum absolute atomic E-state index is 14.1. The van der Waals surface area contributed by atoms with Crippen molar-refractivity contribution in [1.29, 1.82) is 0 Å². The van der Waals surface area contributed by atoms with Gasteiger partial charge in [0.25, 0.3) is 0 Å². The monoisotopic (exact) mass is 884 g/mol. The Hall–Kier alpha value is -6.58. The van der Waals surface area contributed by atoms with E-state index in [0.29, 0.717) is 12.8 Å². The van der Waals surface area contributed by atoms with Gasteiger partial charge >= 0.3 is 11.9 Å². The Bertz CT molecular complexity index is 2000. The molecule has 0 aliphatic rings. The van der Waals surface area contributed by atoms with Crippen LogP contribution in [0.2, 0.25) is 0 Å². The highest BCUT2D eigenvalue weighted by Crippen LogP contribution is 2.21. The number of carboxylic acid groups (broad SMARTS) is 2. The summed E-state index contributed by atoms with van der Waals surface area (Å²) in [6.07, 6.45) is -0.835. The molecule has 0 bridgehead atoms. The lowest BCUT2D eigenvalue weighted by Gasteiger charge is -2.30. The summed E-state index contributed by atoms with van der Waals surface area (Å²) in [7, 11) is 0. The van der Waals surface area contributed by atoms with E-state index in [4.69, 9.17) is 0 Å². The number of benzene rings is 3. The molecule has 64 heavy (non-hydrogen) atoms. The van der Waals surface area contributed by atoms with Crippen LogP contribution in [0.4, 0.5) is 0 Å². The topological polar surface area (TPSA) is 249 Å². The number of aliphatic carboxylic acids is 2. The average Bonchev–Trinajstić information content (AvgIpc) is 3.22. The van der Waals surface area contributed by atoms with Crippen molar-refractivity contribution >= 4 is 47.4 Å². The number of rotatable bonds is 24. The summed E-state index contributed by atoms with van der Waals surface area (Å²) in [5, 5.41) is 34.9. The molecular formula is C48H64N6O10. The van der Waals surface area contributed by atoms with Gasteiger partial charge in [0.05, 0.1) is 12.8 Å². The van der Waals surface area contributed by atoms with Gasteiger partial charge in [-0.1, -0.05) is 139 Å². The molecule has 3 aromatic rings. The van der Waals surface area contributed by atoms with Crippen molar-refractivity contribution in [3.63, 3.8) is 0 Å². The number of nitrogens with one attached hydrogen (secondary N) is 6. The molecule has 0 aliphatic carbocycles. The quantitative estimate of drug-likeness (QED) is 0.0650. The van der Waals surface area contributed by atoms with Crippen molar-refractivity contribution < 1.29 is 48.6 Å². The van der Waals surface area contributed by atoms with E-state index in [0.717, 1.165) is 16.7 Å². The number of carboxylic acids is 2. The first-order valence-corrected chi connectivity index (χ1v) is 21.5. The first kappa shape index (κ1) is 51.8. The van der Waals surface area contributed by atoms with Gasteiger partial charge in [-0.3, -0.25) is 33.6 Å². The summed E-state index contributed by atoms with van der Waals surface area (Å²) < 4.78 is 0. The van der Waals surface area contributed by atoms with Crippen LogP contribution in [0.5, 0.6) is 0 Å². The zero-order valence-electron chi connectivity index (χ0n) is 37.7. The van der Waals surface area contributed by atoms with E-state index in [1.807, 2.05) is 60.7 Å². The highest BCUT2D eigenvalue weighted by molar-refractivity contribution is 5.98. The van der Waals surface area contributed by atoms with Crippen LogP contribution in [0.15, 0.2) is 91.0 Å². The smallest absolute Gasteiger partial charge is 0.326 e. The van der Waals surface area contributed by atoms with E-state index in [2.05, 4.69) is 31.9 Å². The molecule has 3 aromatic carbocycles. The minimum absolute atomic E-state index is 0.0201. The lowest BCUT2D eigenvalue weighted by atomic mass is 9.88. The van der Waals surface area contributed by atoms with Gasteiger partial charge in [-0.15, -0.1) is 0 Å². The summed E-state index contributed by atoms with van der Waals surface area (Å²) in [5.74, 6) is -9.24. The highest BCUT2D eigenvalue weighted by Gasteiger charge is 2.36. The SMILES string of the molecule is CC(C)[C@H](NC(=O)C(Cc1ccccc1)Cc1ccccc1)C(=O)N[C@H](C(=O)N[C@@H](CC(=O)NCc1ccccc1)C(=O)N[C@@H](CC(=O)O)C(=O)N[C@@H](CC(C)(C)C)C(=O)O)C(C)C. The van der Waals surface area contributed by atoms with Gasteiger partial charge in [-0.05, 0) is 53.2 Å². The fraction of sp³-hybridized carbons (Fsp3) is 0.458. The second kappa shape index (κ2) is 24.9. The highest BCUT2D eigenvalue weighted by atomic mass is 16.4. The zero-order chi connectivity index (χ0) is 47.6. The van der Waals surface area contributed by atoms with Gasteiger partial charge in [0, 0.05) is 12.5 Å². The molecule has 16 nitrogen and oxygen atoms in total. The van der Waals surface area contributed by atoms with E-state index in [1.165, 1.54) is 0 Å². The Labute approximate surface area is 375 Å². The normalized spacial score (nSPS) is 13.7. The molecular weight excluding hydrogens is 821 g/mol. The summed E-state index contributed by atoms with van der Waals surface area (Å²) >= 11 is 0. The van der Waals surface area contributed by atoms with Crippen molar-refractivity contribution in [2.75, 3.05) is 0 Å². The summed E-state index contributed by atoms with van der Waals surface area (Å²) in [5.41, 5.74) is 2.06. The molecule has 0 heterocycles. The Morgan fingerprint density at radius 2 is 0.891 bits per heavy atom. The lowest BCUT2D eigenvalue weighted by molar-refractivity contribution is -0.144. The predicted molar refractivity (Wildman–Crippen MR) is 240 cm³/mol. The average molecular weight is 885 g/mol. The van der Waals surface area contributed by atoms with Crippen LogP contribution in [-0.2, 0) is 57.7 Å². The van der Waals surface area contributed by atoms with Crippen molar-refractivity contribution in [3.05, 3.63) is 108 Å². The number of hydrogen-bond donors (Lipinski definition) is 8. The third kappa shape index (κ3) is 18.0. The molecule has 0 unspecified atom stereocenters. The molecule has 3 rings (SSSR count). The van der Waals surface area contributed by atoms with Gasteiger partial charge in [-0.25, -0.2) is 4.79 Å². The number of carbonyl (C=O) groups is 8. The molecule has 0 radical (unpaired) electrons. The summed E-state index contributed by atoms with van der Waals surface area (Å²) in [6, 6.07) is 20.6. The number of amides is 6. The van der Waals surface area contributed by atoms with Gasteiger partial charge < -0.3 is 42.1 Å². The van der Waals surface area contributed by atoms with Gasteiger partial charge in [0.15, 0.2) is 0 Å². The zero-order valence-corrected chi connectivity index (χ0v) is 37.7. The van der Waals surface area contributed by atoms with E-state index >= 15 is 0 Å². The minimum atomic E-state index is -1.80. The molecule has 346 valence electrons. The summed E-state index contributed by atoms with van der Waals surface area (Å²) in [4.78, 5) is 107. The molecule has 0 aliphatic heterocycles. The molecule has 16 heteroatoms. The standard InChI is InChI=1S/C48H64N6O10/c1-29(2)40(54-46(62)41(30(3)4)53-42(58)34(23-31-17-11-8-12-18-31)24-32-19-13-9-14-20-32)45(61)51-35(25-38(55)49-28-33-21-15-10-16-22-33)43(59)50-36(26-39(56)57)44(60)52-37(47(63)64)27-48(5,6)7/h8-22,29-30,34-37,40-41H,23-28H2,1-7H3,(H,49,55)(H,50,59)(H,51,61)(H,52,60)(H,53,58)(H,54,62)(H,56,57)(H,63,64)/t35-,36-,37-,40-,41-/m0/s1. The third-order valence-electron chi connectivity index (χ3n) is 10.3. The van der Waals surface area contributed by atoms with Crippen LogP contribution in [0.3, 0.4) is 0 Å². The fourth-order valence-electron chi connectivity index (χ4n) is 6.90. The molecule has 0 saturated carbocycles. The van der Waals surface area contributed by atoms with Crippen LogP contribution in [0.1, 0.15) is 84.4 Å². The van der Waals surface area contributed by atoms with Crippen LogP contribution in [0, 0.1) is 23.2 Å². The molecule has 0 fully saturated rings. The third-order valence-corrected chi connectivity index (χ3v) is 10.3.